The fourth-order valence-corrected chi connectivity index (χ4v) is 2.17. The molecular formula is C18H21NO2. The van der Waals surface area contributed by atoms with Crippen molar-refractivity contribution in [3.8, 4) is 11.3 Å². The van der Waals surface area contributed by atoms with Crippen molar-refractivity contribution >= 4 is 5.97 Å². The quantitative estimate of drug-likeness (QED) is 0.582. The Labute approximate surface area is 126 Å². The number of pyridine rings is 1. The van der Waals surface area contributed by atoms with E-state index in [2.05, 4.69) is 11.9 Å². The monoisotopic (exact) mass is 283 g/mol. The molecule has 0 saturated heterocycles. The summed E-state index contributed by atoms with van der Waals surface area (Å²) in [5.74, 6) is -0.268. The Hall–Kier alpha value is -2.16. The fourth-order valence-electron chi connectivity index (χ4n) is 2.17. The number of esters is 1. The molecule has 110 valence electrons. The maximum atomic E-state index is 12.3. The Morgan fingerprint density at radius 3 is 2.76 bits per heavy atom. The maximum absolute atomic E-state index is 12.3. The van der Waals surface area contributed by atoms with Gasteiger partial charge in [0.05, 0.1) is 17.9 Å². The molecule has 1 heterocycles. The highest BCUT2D eigenvalue weighted by Gasteiger charge is 2.15. The molecule has 0 aliphatic heterocycles. The highest BCUT2D eigenvalue weighted by molar-refractivity contribution is 5.97. The molecule has 0 atom stereocenters. The summed E-state index contributed by atoms with van der Waals surface area (Å²) in [5.41, 5.74) is 3.24. The number of carbonyl (C=O) groups excluding carboxylic acids is 1. The number of hydrogen-bond donors (Lipinski definition) is 0. The van der Waals surface area contributed by atoms with Crippen LogP contribution in [-0.4, -0.2) is 17.6 Å². The summed E-state index contributed by atoms with van der Waals surface area (Å²) < 4.78 is 5.38. The predicted octanol–water partition coefficient (Wildman–Crippen LogP) is 4.40. The Morgan fingerprint density at radius 2 is 2.05 bits per heavy atom. The SMILES string of the molecule is CCCCCOC(=O)c1cc(C)ccc1-c1ccccn1. The molecule has 0 aliphatic carbocycles. The lowest BCUT2D eigenvalue weighted by Gasteiger charge is -2.10. The molecule has 3 heteroatoms. The first-order valence-corrected chi connectivity index (χ1v) is 7.41. The van der Waals surface area contributed by atoms with E-state index < -0.39 is 0 Å². The number of rotatable bonds is 6. The molecule has 0 bridgehead atoms. The summed E-state index contributed by atoms with van der Waals surface area (Å²) in [5, 5.41) is 0. The Morgan fingerprint density at radius 1 is 1.19 bits per heavy atom. The van der Waals surface area contributed by atoms with Gasteiger partial charge >= 0.3 is 5.97 Å². The standard InChI is InChI=1S/C18H21NO2/c1-3-4-7-12-21-18(20)16-13-14(2)9-10-15(16)17-8-5-6-11-19-17/h5-6,8-11,13H,3-4,7,12H2,1-2H3. The average Bonchev–Trinajstić information content (AvgIpc) is 2.52. The van der Waals surface area contributed by atoms with Crippen molar-refractivity contribution in [3.05, 3.63) is 53.7 Å². The molecule has 0 unspecified atom stereocenters. The first kappa shape index (κ1) is 15.2. The van der Waals surface area contributed by atoms with E-state index in [9.17, 15) is 4.79 Å². The minimum Gasteiger partial charge on any atom is -0.462 e. The van der Waals surface area contributed by atoms with Crippen molar-refractivity contribution in [2.75, 3.05) is 6.61 Å². The topological polar surface area (TPSA) is 39.2 Å². The van der Waals surface area contributed by atoms with Crippen molar-refractivity contribution < 1.29 is 9.53 Å². The Balaban J connectivity index is 2.21. The van der Waals surface area contributed by atoms with Crippen LogP contribution in [0.4, 0.5) is 0 Å². The maximum Gasteiger partial charge on any atom is 0.338 e. The van der Waals surface area contributed by atoms with Crippen LogP contribution in [0.1, 0.15) is 42.1 Å². The normalized spacial score (nSPS) is 10.4. The fraction of sp³-hybridized carbons (Fsp3) is 0.333. The van der Waals surface area contributed by atoms with Crippen LogP contribution in [0.15, 0.2) is 42.6 Å². The number of unbranched alkanes of at least 4 members (excludes halogenated alkanes) is 2. The average molecular weight is 283 g/mol. The minimum absolute atomic E-state index is 0.268. The highest BCUT2D eigenvalue weighted by atomic mass is 16.5. The molecule has 21 heavy (non-hydrogen) atoms. The Bertz CT molecular complexity index is 593. The van der Waals surface area contributed by atoms with Gasteiger partial charge in [0, 0.05) is 11.8 Å². The number of hydrogen-bond acceptors (Lipinski definition) is 3. The van der Waals surface area contributed by atoms with E-state index in [1.165, 1.54) is 0 Å². The van der Waals surface area contributed by atoms with E-state index in [1.807, 2.05) is 43.3 Å². The van der Waals surface area contributed by atoms with E-state index in [0.717, 1.165) is 36.1 Å². The molecule has 0 fully saturated rings. The molecule has 0 radical (unpaired) electrons. The van der Waals surface area contributed by atoms with Gasteiger partial charge in [-0.1, -0.05) is 43.5 Å². The van der Waals surface area contributed by atoms with Crippen molar-refractivity contribution in [2.24, 2.45) is 0 Å². The van der Waals surface area contributed by atoms with Gasteiger partial charge < -0.3 is 4.74 Å². The van der Waals surface area contributed by atoms with E-state index in [1.54, 1.807) is 6.20 Å². The Kier molecular flexibility index (Phi) is 5.50. The van der Waals surface area contributed by atoms with Gasteiger partial charge in [-0.05, 0) is 31.5 Å². The minimum atomic E-state index is -0.268. The van der Waals surface area contributed by atoms with Gasteiger partial charge in [-0.3, -0.25) is 4.98 Å². The van der Waals surface area contributed by atoms with Crippen LogP contribution in [0, 0.1) is 6.92 Å². The zero-order chi connectivity index (χ0) is 15.1. The van der Waals surface area contributed by atoms with Crippen LogP contribution in [0.3, 0.4) is 0 Å². The van der Waals surface area contributed by atoms with Crippen molar-refractivity contribution in [3.63, 3.8) is 0 Å². The van der Waals surface area contributed by atoms with Crippen LogP contribution >= 0.6 is 0 Å². The van der Waals surface area contributed by atoms with Gasteiger partial charge in [-0.15, -0.1) is 0 Å². The van der Waals surface area contributed by atoms with E-state index in [-0.39, 0.29) is 5.97 Å². The number of carbonyl (C=O) groups is 1. The lowest BCUT2D eigenvalue weighted by molar-refractivity contribution is 0.0499. The van der Waals surface area contributed by atoms with E-state index in [4.69, 9.17) is 4.74 Å². The second-order valence-electron chi connectivity index (χ2n) is 5.11. The number of ether oxygens (including phenoxy) is 1. The molecular weight excluding hydrogens is 262 g/mol. The second kappa shape index (κ2) is 7.58. The van der Waals surface area contributed by atoms with Gasteiger partial charge in [0.1, 0.15) is 0 Å². The third-order valence-electron chi connectivity index (χ3n) is 3.32. The summed E-state index contributed by atoms with van der Waals surface area (Å²) in [7, 11) is 0. The molecule has 0 aliphatic rings. The van der Waals surface area contributed by atoms with Crippen molar-refractivity contribution in [1.82, 2.24) is 4.98 Å². The summed E-state index contributed by atoms with van der Waals surface area (Å²) >= 11 is 0. The summed E-state index contributed by atoms with van der Waals surface area (Å²) in [6.07, 6.45) is 4.83. The molecule has 1 aromatic heterocycles. The summed E-state index contributed by atoms with van der Waals surface area (Å²) in [6.45, 7) is 4.57. The number of aromatic nitrogens is 1. The molecule has 2 aromatic rings. The van der Waals surface area contributed by atoms with Crippen molar-refractivity contribution in [2.45, 2.75) is 33.1 Å². The van der Waals surface area contributed by atoms with Crippen LogP contribution in [-0.2, 0) is 4.74 Å². The largest absolute Gasteiger partial charge is 0.462 e. The number of nitrogens with zero attached hydrogens (tertiary/aromatic N) is 1. The first-order valence-electron chi connectivity index (χ1n) is 7.41. The molecule has 1 aromatic carbocycles. The van der Waals surface area contributed by atoms with Crippen molar-refractivity contribution in [1.29, 1.82) is 0 Å². The van der Waals surface area contributed by atoms with Crippen LogP contribution in [0.2, 0.25) is 0 Å². The third-order valence-corrected chi connectivity index (χ3v) is 3.32. The summed E-state index contributed by atoms with van der Waals surface area (Å²) in [4.78, 5) is 16.6. The second-order valence-corrected chi connectivity index (χ2v) is 5.11. The smallest absolute Gasteiger partial charge is 0.338 e. The number of aryl methyl sites for hydroxylation is 1. The first-order chi connectivity index (χ1) is 10.2. The molecule has 0 amide bonds. The molecule has 0 saturated carbocycles. The molecule has 0 N–H and O–H groups in total. The molecule has 3 nitrogen and oxygen atoms in total. The van der Waals surface area contributed by atoms with E-state index >= 15 is 0 Å². The predicted molar refractivity (Wildman–Crippen MR) is 84.2 cm³/mol. The van der Waals surface area contributed by atoms with E-state index in [0.29, 0.717) is 12.2 Å². The van der Waals surface area contributed by atoms with Crippen LogP contribution in [0.5, 0.6) is 0 Å². The third kappa shape index (κ3) is 4.15. The number of benzene rings is 1. The van der Waals surface area contributed by atoms with Gasteiger partial charge in [0.2, 0.25) is 0 Å². The van der Waals surface area contributed by atoms with Crippen LogP contribution < -0.4 is 0 Å². The van der Waals surface area contributed by atoms with Crippen LogP contribution in [0.25, 0.3) is 11.3 Å². The molecule has 0 spiro atoms. The zero-order valence-electron chi connectivity index (χ0n) is 12.6. The van der Waals surface area contributed by atoms with Gasteiger partial charge in [-0.2, -0.15) is 0 Å². The lowest BCUT2D eigenvalue weighted by atomic mass is 10.0. The summed E-state index contributed by atoms with van der Waals surface area (Å²) in [6, 6.07) is 11.5. The highest BCUT2D eigenvalue weighted by Crippen LogP contribution is 2.23. The molecule has 2 rings (SSSR count). The van der Waals surface area contributed by atoms with Gasteiger partial charge in [0.15, 0.2) is 0 Å². The van der Waals surface area contributed by atoms with Gasteiger partial charge in [0.25, 0.3) is 0 Å². The lowest BCUT2D eigenvalue weighted by Crippen LogP contribution is -2.08. The van der Waals surface area contributed by atoms with Gasteiger partial charge in [-0.25, -0.2) is 4.79 Å². The zero-order valence-corrected chi connectivity index (χ0v) is 12.6.